The second-order valence-electron chi connectivity index (χ2n) is 4.49. The summed E-state index contributed by atoms with van der Waals surface area (Å²) in [5.74, 6) is -1.21. The predicted molar refractivity (Wildman–Crippen MR) is 81.7 cm³/mol. The molecule has 1 aromatic rings. The van der Waals surface area contributed by atoms with E-state index >= 15 is 0 Å². The van der Waals surface area contributed by atoms with E-state index in [0.29, 0.717) is 10.2 Å². The van der Waals surface area contributed by atoms with Gasteiger partial charge >= 0.3 is 5.97 Å². The van der Waals surface area contributed by atoms with Crippen LogP contribution in [-0.4, -0.2) is 29.6 Å². The Morgan fingerprint density at radius 3 is 2.50 bits per heavy atom. The van der Waals surface area contributed by atoms with Crippen LogP contribution in [0.3, 0.4) is 0 Å². The van der Waals surface area contributed by atoms with E-state index in [1.54, 1.807) is 32.0 Å². The SMILES string of the molecule is CC(C)[C@@H](NC(=O)COc1ccc(Br)cc1Br)C(=O)O. The van der Waals surface area contributed by atoms with E-state index in [1.165, 1.54) is 0 Å². The van der Waals surface area contributed by atoms with Crippen LogP contribution in [0.15, 0.2) is 27.1 Å². The van der Waals surface area contributed by atoms with Gasteiger partial charge in [0.2, 0.25) is 0 Å². The van der Waals surface area contributed by atoms with Crippen molar-refractivity contribution in [2.45, 2.75) is 19.9 Å². The van der Waals surface area contributed by atoms with Gasteiger partial charge in [0, 0.05) is 4.47 Å². The van der Waals surface area contributed by atoms with Crippen LogP contribution < -0.4 is 10.1 Å². The summed E-state index contributed by atoms with van der Waals surface area (Å²) in [5, 5.41) is 11.4. The molecule has 5 nitrogen and oxygen atoms in total. The fourth-order valence-electron chi connectivity index (χ4n) is 1.46. The molecule has 110 valence electrons. The van der Waals surface area contributed by atoms with Gasteiger partial charge in [-0.3, -0.25) is 4.79 Å². The molecule has 0 fully saturated rings. The van der Waals surface area contributed by atoms with Crippen LogP contribution in [0.1, 0.15) is 13.8 Å². The first-order chi connectivity index (χ1) is 9.31. The molecule has 0 saturated heterocycles. The zero-order chi connectivity index (χ0) is 15.3. The summed E-state index contributed by atoms with van der Waals surface area (Å²) in [6.07, 6.45) is 0. The summed E-state index contributed by atoms with van der Waals surface area (Å²) in [6.45, 7) is 3.22. The first-order valence-electron chi connectivity index (χ1n) is 5.91. The summed E-state index contributed by atoms with van der Waals surface area (Å²) >= 11 is 6.62. The van der Waals surface area contributed by atoms with E-state index in [1.807, 2.05) is 0 Å². The van der Waals surface area contributed by atoms with E-state index in [4.69, 9.17) is 9.84 Å². The molecule has 0 spiro atoms. The standard InChI is InChI=1S/C13H15Br2NO4/c1-7(2)12(13(18)19)16-11(17)6-20-10-4-3-8(14)5-9(10)15/h3-5,7,12H,6H2,1-2H3,(H,16,17)(H,18,19)/t12-/m1/s1. The first-order valence-corrected chi connectivity index (χ1v) is 7.50. The molecule has 1 amide bonds. The molecule has 2 N–H and O–H groups in total. The fraction of sp³-hybridized carbons (Fsp3) is 0.385. The maximum Gasteiger partial charge on any atom is 0.326 e. The van der Waals surface area contributed by atoms with Gasteiger partial charge < -0.3 is 15.2 Å². The minimum absolute atomic E-state index is 0.198. The van der Waals surface area contributed by atoms with Crippen molar-refractivity contribution >= 4 is 43.7 Å². The van der Waals surface area contributed by atoms with E-state index in [9.17, 15) is 9.59 Å². The van der Waals surface area contributed by atoms with E-state index in [2.05, 4.69) is 37.2 Å². The molecule has 1 atom stereocenters. The van der Waals surface area contributed by atoms with E-state index in [-0.39, 0.29) is 12.5 Å². The molecular weight excluding hydrogens is 394 g/mol. The van der Waals surface area contributed by atoms with Gasteiger partial charge in [0.1, 0.15) is 11.8 Å². The highest BCUT2D eigenvalue weighted by Gasteiger charge is 2.23. The first kappa shape index (κ1) is 17.0. The van der Waals surface area contributed by atoms with Gasteiger partial charge in [-0.2, -0.15) is 0 Å². The van der Waals surface area contributed by atoms with Gasteiger partial charge in [0.25, 0.3) is 5.91 Å². The van der Waals surface area contributed by atoms with Crippen LogP contribution in [0, 0.1) is 5.92 Å². The number of carbonyl (C=O) groups excluding carboxylic acids is 1. The number of carboxylic acid groups (broad SMARTS) is 1. The third-order valence-electron chi connectivity index (χ3n) is 2.50. The number of carboxylic acids is 1. The maximum absolute atomic E-state index is 11.7. The summed E-state index contributed by atoms with van der Waals surface area (Å²) in [5.41, 5.74) is 0. The molecule has 0 aromatic heterocycles. The van der Waals surface area contributed by atoms with Crippen LogP contribution in [0.2, 0.25) is 0 Å². The lowest BCUT2D eigenvalue weighted by molar-refractivity contribution is -0.143. The van der Waals surface area contributed by atoms with Crippen LogP contribution in [0.5, 0.6) is 5.75 Å². The topological polar surface area (TPSA) is 75.6 Å². The molecule has 20 heavy (non-hydrogen) atoms. The zero-order valence-electron chi connectivity index (χ0n) is 11.0. The maximum atomic E-state index is 11.7. The van der Waals surface area contributed by atoms with Gasteiger partial charge in [-0.25, -0.2) is 4.79 Å². The number of hydrogen-bond acceptors (Lipinski definition) is 3. The number of rotatable bonds is 6. The molecule has 0 radical (unpaired) electrons. The zero-order valence-corrected chi connectivity index (χ0v) is 14.2. The molecule has 0 bridgehead atoms. The highest BCUT2D eigenvalue weighted by Crippen LogP contribution is 2.28. The minimum atomic E-state index is -1.06. The van der Waals surface area contributed by atoms with Gasteiger partial charge in [0.05, 0.1) is 4.47 Å². The number of aliphatic carboxylic acids is 1. The second-order valence-corrected chi connectivity index (χ2v) is 6.26. The highest BCUT2D eigenvalue weighted by molar-refractivity contribution is 9.11. The van der Waals surface area contributed by atoms with Crippen molar-refractivity contribution in [3.8, 4) is 5.75 Å². The molecule has 7 heteroatoms. The average molecular weight is 409 g/mol. The van der Waals surface area contributed by atoms with Crippen molar-refractivity contribution in [2.75, 3.05) is 6.61 Å². The molecule has 0 aliphatic rings. The molecule has 0 aliphatic carbocycles. The van der Waals surface area contributed by atoms with Crippen LogP contribution >= 0.6 is 31.9 Å². The average Bonchev–Trinajstić information content (AvgIpc) is 2.34. The lowest BCUT2D eigenvalue weighted by Gasteiger charge is -2.18. The summed E-state index contributed by atoms with van der Waals surface area (Å²) in [6, 6.07) is 4.37. The van der Waals surface area contributed by atoms with Gasteiger partial charge in [-0.05, 0) is 40.0 Å². The molecule has 0 heterocycles. The third-order valence-corrected chi connectivity index (χ3v) is 3.61. The largest absolute Gasteiger partial charge is 0.483 e. The molecule has 1 aromatic carbocycles. The highest BCUT2D eigenvalue weighted by atomic mass is 79.9. The number of ether oxygens (including phenoxy) is 1. The number of amides is 1. The number of benzene rings is 1. The van der Waals surface area contributed by atoms with E-state index in [0.717, 1.165) is 4.47 Å². The third kappa shape index (κ3) is 5.13. The molecule has 1 rings (SSSR count). The normalized spacial score (nSPS) is 12.1. The Balaban J connectivity index is 2.57. The number of carbonyl (C=O) groups is 2. The van der Waals surface area contributed by atoms with Crippen LogP contribution in [0.4, 0.5) is 0 Å². The quantitative estimate of drug-likeness (QED) is 0.758. The molecule has 0 unspecified atom stereocenters. The Labute approximate surface area is 134 Å². The number of halogens is 2. The Bertz CT molecular complexity index is 505. The number of nitrogens with one attached hydrogen (secondary N) is 1. The van der Waals surface area contributed by atoms with Gasteiger partial charge in [-0.1, -0.05) is 29.8 Å². The molecule has 0 aliphatic heterocycles. The Hall–Kier alpha value is -1.08. The van der Waals surface area contributed by atoms with Crippen molar-refractivity contribution < 1.29 is 19.4 Å². The minimum Gasteiger partial charge on any atom is -0.483 e. The smallest absolute Gasteiger partial charge is 0.326 e. The van der Waals surface area contributed by atoms with Gasteiger partial charge in [-0.15, -0.1) is 0 Å². The Morgan fingerprint density at radius 1 is 1.35 bits per heavy atom. The predicted octanol–water partition coefficient (Wildman–Crippen LogP) is 2.82. The van der Waals surface area contributed by atoms with Crippen molar-refractivity contribution in [3.63, 3.8) is 0 Å². The van der Waals surface area contributed by atoms with Crippen molar-refractivity contribution in [2.24, 2.45) is 5.92 Å². The summed E-state index contributed by atoms with van der Waals surface area (Å²) in [7, 11) is 0. The van der Waals surface area contributed by atoms with Crippen LogP contribution in [0.25, 0.3) is 0 Å². The summed E-state index contributed by atoms with van der Waals surface area (Å²) in [4.78, 5) is 22.7. The number of hydrogen-bond donors (Lipinski definition) is 2. The lowest BCUT2D eigenvalue weighted by Crippen LogP contribution is -2.46. The van der Waals surface area contributed by atoms with E-state index < -0.39 is 17.9 Å². The fourth-order valence-corrected chi connectivity index (χ4v) is 2.63. The van der Waals surface area contributed by atoms with Crippen molar-refractivity contribution in [1.82, 2.24) is 5.32 Å². The second kappa shape index (κ2) is 7.64. The lowest BCUT2D eigenvalue weighted by atomic mass is 10.1. The molecular formula is C13H15Br2NO4. The Kier molecular flexibility index (Phi) is 6.48. The monoisotopic (exact) mass is 407 g/mol. The van der Waals surface area contributed by atoms with Crippen molar-refractivity contribution in [3.05, 3.63) is 27.1 Å². The molecule has 0 saturated carbocycles. The Morgan fingerprint density at radius 2 is 2.00 bits per heavy atom. The van der Waals surface area contributed by atoms with Gasteiger partial charge in [0.15, 0.2) is 6.61 Å². The summed E-state index contributed by atoms with van der Waals surface area (Å²) < 4.78 is 6.93. The van der Waals surface area contributed by atoms with Crippen molar-refractivity contribution in [1.29, 1.82) is 0 Å². The van der Waals surface area contributed by atoms with Crippen LogP contribution in [-0.2, 0) is 9.59 Å².